The molecule has 1 rings (SSSR count). The third kappa shape index (κ3) is 4.95. The van der Waals surface area contributed by atoms with Gasteiger partial charge < -0.3 is 10.2 Å². The Morgan fingerprint density at radius 1 is 1.42 bits per heavy atom. The summed E-state index contributed by atoms with van der Waals surface area (Å²) in [6, 6.07) is 1.39. The molecule has 0 saturated heterocycles. The third-order valence-electron chi connectivity index (χ3n) is 4.91. The smallest absolute Gasteiger partial charge is 0.0159 e. The fraction of sp³-hybridized carbons (Fsp3) is 1.00. The number of rotatable bonds is 8. The van der Waals surface area contributed by atoms with Gasteiger partial charge in [-0.05, 0) is 63.1 Å². The first kappa shape index (κ1) is 17.3. The van der Waals surface area contributed by atoms with Crippen LogP contribution in [-0.4, -0.2) is 49.1 Å². The van der Waals surface area contributed by atoms with E-state index in [0.29, 0.717) is 17.5 Å². The molecule has 1 aliphatic carbocycles. The van der Waals surface area contributed by atoms with Gasteiger partial charge in [-0.25, -0.2) is 0 Å². The van der Waals surface area contributed by atoms with Crippen molar-refractivity contribution in [3.8, 4) is 0 Å². The molecule has 1 saturated carbocycles. The molecule has 3 unspecified atom stereocenters. The van der Waals surface area contributed by atoms with Crippen LogP contribution in [-0.2, 0) is 0 Å². The van der Waals surface area contributed by atoms with Gasteiger partial charge in [0, 0.05) is 18.6 Å². The lowest BCUT2D eigenvalue weighted by molar-refractivity contribution is 0.175. The van der Waals surface area contributed by atoms with Crippen molar-refractivity contribution in [2.24, 2.45) is 11.3 Å². The minimum Gasteiger partial charge on any atom is -0.313 e. The van der Waals surface area contributed by atoms with Gasteiger partial charge in [0.15, 0.2) is 0 Å². The molecule has 0 spiro atoms. The molecule has 114 valence electrons. The Labute approximate surface area is 125 Å². The molecular formula is C16H34N2S. The lowest BCUT2D eigenvalue weighted by Crippen LogP contribution is -2.46. The van der Waals surface area contributed by atoms with Crippen molar-refractivity contribution in [2.75, 3.05) is 32.1 Å². The van der Waals surface area contributed by atoms with Crippen LogP contribution in [0.15, 0.2) is 0 Å². The van der Waals surface area contributed by atoms with Gasteiger partial charge >= 0.3 is 0 Å². The zero-order chi connectivity index (χ0) is 14.5. The maximum Gasteiger partial charge on any atom is 0.0159 e. The Morgan fingerprint density at radius 2 is 2.11 bits per heavy atom. The Balaban J connectivity index is 2.50. The molecule has 1 aliphatic rings. The molecule has 0 aromatic carbocycles. The zero-order valence-electron chi connectivity index (χ0n) is 13.8. The summed E-state index contributed by atoms with van der Waals surface area (Å²) >= 11 is 1.96. The van der Waals surface area contributed by atoms with Crippen LogP contribution in [0.2, 0.25) is 0 Å². The summed E-state index contributed by atoms with van der Waals surface area (Å²) in [6.07, 6.45) is 6.25. The molecule has 0 bridgehead atoms. The molecule has 0 aromatic heterocycles. The summed E-state index contributed by atoms with van der Waals surface area (Å²) < 4.78 is 0. The van der Waals surface area contributed by atoms with Gasteiger partial charge in [-0.3, -0.25) is 0 Å². The minimum atomic E-state index is 0.462. The van der Waals surface area contributed by atoms with E-state index in [9.17, 15) is 0 Å². The number of thioether (sulfide) groups is 1. The van der Waals surface area contributed by atoms with Crippen LogP contribution in [0.25, 0.3) is 0 Å². The standard InChI is InChI=1S/C16H34N2S/c1-7-17-15-14(8-10-16(15,3)4)12-18(5)13(2)9-11-19-6/h13-15,17H,7-12H2,1-6H3. The van der Waals surface area contributed by atoms with Gasteiger partial charge in [0.05, 0.1) is 0 Å². The van der Waals surface area contributed by atoms with Gasteiger partial charge in [0.2, 0.25) is 0 Å². The van der Waals surface area contributed by atoms with Crippen LogP contribution in [0.1, 0.15) is 47.0 Å². The molecule has 0 aromatic rings. The van der Waals surface area contributed by atoms with E-state index in [1.807, 2.05) is 11.8 Å². The third-order valence-corrected chi connectivity index (χ3v) is 5.56. The maximum absolute atomic E-state index is 3.74. The first-order valence-corrected chi connectivity index (χ1v) is 9.24. The van der Waals surface area contributed by atoms with Crippen molar-refractivity contribution < 1.29 is 0 Å². The van der Waals surface area contributed by atoms with Crippen LogP contribution < -0.4 is 5.32 Å². The molecule has 0 heterocycles. The van der Waals surface area contributed by atoms with E-state index in [0.717, 1.165) is 12.5 Å². The van der Waals surface area contributed by atoms with E-state index >= 15 is 0 Å². The van der Waals surface area contributed by atoms with Gasteiger partial charge in [-0.15, -0.1) is 0 Å². The molecule has 1 fully saturated rings. The van der Waals surface area contributed by atoms with Gasteiger partial charge in [0.25, 0.3) is 0 Å². The van der Waals surface area contributed by atoms with E-state index in [1.165, 1.54) is 31.6 Å². The lowest BCUT2D eigenvalue weighted by atomic mass is 9.84. The summed E-state index contributed by atoms with van der Waals surface area (Å²) in [7, 11) is 2.30. The Kier molecular flexibility index (Phi) is 7.20. The number of hydrogen-bond donors (Lipinski definition) is 1. The monoisotopic (exact) mass is 286 g/mol. The number of hydrogen-bond acceptors (Lipinski definition) is 3. The normalized spacial score (nSPS) is 27.9. The van der Waals surface area contributed by atoms with E-state index in [-0.39, 0.29) is 0 Å². The quantitative estimate of drug-likeness (QED) is 0.735. The largest absolute Gasteiger partial charge is 0.313 e. The van der Waals surface area contributed by atoms with E-state index in [4.69, 9.17) is 0 Å². The highest BCUT2D eigenvalue weighted by molar-refractivity contribution is 7.98. The van der Waals surface area contributed by atoms with Crippen LogP contribution in [0.5, 0.6) is 0 Å². The Morgan fingerprint density at radius 3 is 2.68 bits per heavy atom. The molecule has 0 amide bonds. The van der Waals surface area contributed by atoms with Crippen molar-refractivity contribution in [1.29, 1.82) is 0 Å². The highest BCUT2D eigenvalue weighted by atomic mass is 32.2. The maximum atomic E-state index is 3.74. The first-order valence-electron chi connectivity index (χ1n) is 7.85. The minimum absolute atomic E-state index is 0.462. The van der Waals surface area contributed by atoms with E-state index in [1.54, 1.807) is 0 Å². The summed E-state index contributed by atoms with van der Waals surface area (Å²) in [5.41, 5.74) is 0.462. The number of nitrogens with one attached hydrogen (secondary N) is 1. The molecular weight excluding hydrogens is 252 g/mol. The van der Waals surface area contributed by atoms with E-state index in [2.05, 4.69) is 51.2 Å². The van der Waals surface area contributed by atoms with Crippen molar-refractivity contribution in [3.63, 3.8) is 0 Å². The number of nitrogens with zero attached hydrogens (tertiary/aromatic N) is 1. The van der Waals surface area contributed by atoms with Gasteiger partial charge in [-0.1, -0.05) is 20.8 Å². The lowest BCUT2D eigenvalue weighted by Gasteiger charge is -2.35. The average Bonchev–Trinajstić information content (AvgIpc) is 2.63. The Hall–Kier alpha value is 0.270. The second-order valence-electron chi connectivity index (χ2n) is 6.89. The second-order valence-corrected chi connectivity index (χ2v) is 7.88. The fourth-order valence-electron chi connectivity index (χ4n) is 3.44. The predicted molar refractivity (Wildman–Crippen MR) is 89.1 cm³/mol. The summed E-state index contributed by atoms with van der Waals surface area (Å²) in [4.78, 5) is 2.58. The second kappa shape index (κ2) is 7.90. The highest BCUT2D eigenvalue weighted by Crippen LogP contribution is 2.41. The van der Waals surface area contributed by atoms with Crippen LogP contribution in [0.4, 0.5) is 0 Å². The van der Waals surface area contributed by atoms with Gasteiger partial charge in [-0.2, -0.15) is 11.8 Å². The molecule has 19 heavy (non-hydrogen) atoms. The van der Waals surface area contributed by atoms with Crippen molar-refractivity contribution >= 4 is 11.8 Å². The summed E-state index contributed by atoms with van der Waals surface area (Å²) in [5, 5.41) is 3.74. The first-order chi connectivity index (χ1) is 8.92. The molecule has 0 radical (unpaired) electrons. The van der Waals surface area contributed by atoms with Crippen molar-refractivity contribution in [2.45, 2.75) is 59.0 Å². The van der Waals surface area contributed by atoms with E-state index < -0.39 is 0 Å². The molecule has 2 nitrogen and oxygen atoms in total. The average molecular weight is 287 g/mol. The fourth-order valence-corrected chi connectivity index (χ4v) is 4.01. The van der Waals surface area contributed by atoms with Crippen LogP contribution >= 0.6 is 11.8 Å². The highest BCUT2D eigenvalue weighted by Gasteiger charge is 2.41. The molecule has 3 atom stereocenters. The molecule has 1 N–H and O–H groups in total. The predicted octanol–water partition coefficient (Wildman–Crippen LogP) is 3.47. The Bertz CT molecular complexity index is 255. The zero-order valence-corrected chi connectivity index (χ0v) is 14.6. The molecule has 3 heteroatoms. The van der Waals surface area contributed by atoms with Crippen LogP contribution in [0, 0.1) is 11.3 Å². The van der Waals surface area contributed by atoms with Crippen molar-refractivity contribution in [3.05, 3.63) is 0 Å². The van der Waals surface area contributed by atoms with Crippen molar-refractivity contribution in [1.82, 2.24) is 10.2 Å². The van der Waals surface area contributed by atoms with Crippen LogP contribution in [0.3, 0.4) is 0 Å². The summed E-state index contributed by atoms with van der Waals surface area (Å²) in [6.45, 7) is 11.8. The molecule has 0 aliphatic heterocycles. The SMILES string of the molecule is CCNC1C(CN(C)C(C)CCSC)CCC1(C)C. The van der Waals surface area contributed by atoms with Gasteiger partial charge in [0.1, 0.15) is 0 Å². The summed E-state index contributed by atoms with van der Waals surface area (Å²) in [5.74, 6) is 2.09. The topological polar surface area (TPSA) is 15.3 Å².